The smallest absolute Gasteiger partial charge is 0.161 e. The van der Waals surface area contributed by atoms with E-state index in [-0.39, 0.29) is 37.7 Å². The highest BCUT2D eigenvalue weighted by Crippen LogP contribution is 2.67. The van der Waals surface area contributed by atoms with Crippen molar-refractivity contribution in [3.63, 3.8) is 0 Å². The van der Waals surface area contributed by atoms with Crippen LogP contribution in [-0.2, 0) is 9.59 Å². The van der Waals surface area contributed by atoms with Gasteiger partial charge in [-0.25, -0.2) is 0 Å². The van der Waals surface area contributed by atoms with Gasteiger partial charge in [0, 0.05) is 21.4 Å². The second-order valence-corrected chi connectivity index (χ2v) is 8.69. The molecule has 0 aromatic rings. The minimum Gasteiger partial charge on any atom is -0.393 e. The van der Waals surface area contributed by atoms with E-state index in [1.807, 2.05) is 0 Å². The summed E-state index contributed by atoms with van der Waals surface area (Å²) < 4.78 is 64.8. The molecule has 0 unspecified atom stereocenters. The molecule has 4 nitrogen and oxygen atoms in total. The highest BCUT2D eigenvalue weighted by molar-refractivity contribution is 5.91. The molecule has 3 saturated carbocycles. The lowest BCUT2D eigenvalue weighted by Gasteiger charge is -2.60. The van der Waals surface area contributed by atoms with Crippen LogP contribution >= 0.6 is 0 Å². The van der Waals surface area contributed by atoms with Crippen molar-refractivity contribution in [3.05, 3.63) is 11.6 Å². The lowest BCUT2D eigenvalue weighted by Crippen LogP contribution is -2.61. The highest BCUT2D eigenvalue weighted by atomic mass is 16.3. The van der Waals surface area contributed by atoms with Crippen molar-refractivity contribution in [2.24, 2.45) is 28.6 Å². The van der Waals surface area contributed by atoms with Crippen LogP contribution in [-0.4, -0.2) is 33.5 Å². The third-order valence-corrected chi connectivity index (χ3v) is 7.66. The van der Waals surface area contributed by atoms with Gasteiger partial charge in [0.1, 0.15) is 5.60 Å². The number of aliphatic hydroxyl groups is 2. The topological polar surface area (TPSA) is 74.6 Å². The van der Waals surface area contributed by atoms with E-state index in [1.165, 1.54) is 0 Å². The third kappa shape index (κ3) is 2.07. The number of fused-ring (bicyclic) bond motifs is 5. The molecule has 2 N–H and O–H groups in total. The quantitative estimate of drug-likeness (QED) is 0.759. The SMILES string of the molecule is [2H]C1=C2C([2H])([2H])C[C@@H]3[C@H]([C@@H](O)C[C@@]4(C)[C@H]3CC[C@]4(O)C(=O)C([2H])([2H])[2H])[C@@]2(C)CC([2H])([2H])C1=O. The summed E-state index contributed by atoms with van der Waals surface area (Å²) in [5.74, 6) is -4.13. The maximum absolute atomic E-state index is 12.8. The first-order valence-electron chi connectivity index (χ1n) is 13.0. The molecule has 0 bridgehead atoms. The standard InChI is InChI=1S/C21H30O4/c1-12(22)21(25)9-7-16-15-5-4-13-10-14(23)6-8-19(13,2)18(15)17(24)11-20(16,21)3/h10,15-18,24-25H,4-9,11H2,1-3H3/t15-,16-,17-,18+,19-,20-,21-/m0/s1/i1D3,4D2,6D2,10D. The zero-order valence-electron chi connectivity index (χ0n) is 22.6. The number of allylic oxidation sites excluding steroid dienone is 1. The Kier molecular flexibility index (Phi) is 2.18. The van der Waals surface area contributed by atoms with Crippen molar-refractivity contribution in [1.82, 2.24) is 0 Å². The molecule has 0 aromatic heterocycles. The summed E-state index contributed by atoms with van der Waals surface area (Å²) in [6.45, 7) is 0.143. The van der Waals surface area contributed by atoms with Gasteiger partial charge >= 0.3 is 0 Å². The molecular weight excluding hydrogens is 316 g/mol. The van der Waals surface area contributed by atoms with Crippen molar-refractivity contribution in [1.29, 1.82) is 0 Å². The van der Waals surface area contributed by atoms with E-state index in [9.17, 15) is 19.8 Å². The molecule has 138 valence electrons. The minimum absolute atomic E-state index is 0.0918. The number of aliphatic hydroxyl groups excluding tert-OH is 1. The van der Waals surface area contributed by atoms with E-state index < -0.39 is 77.5 Å². The minimum atomic E-state index is -3.03. The normalized spacial score (nSPS) is 61.7. The summed E-state index contributed by atoms with van der Waals surface area (Å²) in [5.41, 5.74) is -4.92. The Balaban J connectivity index is 1.86. The molecule has 0 saturated heterocycles. The zero-order chi connectivity index (χ0) is 25.2. The summed E-state index contributed by atoms with van der Waals surface area (Å²) in [7, 11) is 0. The fourth-order valence-electron chi connectivity index (χ4n) is 6.32. The van der Waals surface area contributed by atoms with Crippen LogP contribution in [0.15, 0.2) is 11.6 Å². The van der Waals surface area contributed by atoms with Crippen molar-refractivity contribution < 1.29 is 30.8 Å². The Labute approximate surface area is 160 Å². The molecule has 0 aliphatic heterocycles. The number of hydrogen-bond donors (Lipinski definition) is 2. The molecule has 4 aliphatic carbocycles. The average Bonchev–Trinajstić information content (AvgIpc) is 2.88. The molecule has 0 heterocycles. The van der Waals surface area contributed by atoms with Gasteiger partial charge in [0.25, 0.3) is 0 Å². The Morgan fingerprint density at radius 2 is 2.12 bits per heavy atom. The maximum atomic E-state index is 12.8. The van der Waals surface area contributed by atoms with Crippen LogP contribution in [0.3, 0.4) is 0 Å². The largest absolute Gasteiger partial charge is 0.393 e. The Morgan fingerprint density at radius 1 is 1.36 bits per heavy atom. The molecule has 4 rings (SSSR count). The zero-order valence-corrected chi connectivity index (χ0v) is 14.6. The summed E-state index contributed by atoms with van der Waals surface area (Å²) in [6, 6.07) is -0.682. The first-order chi connectivity index (χ1) is 14.7. The van der Waals surface area contributed by atoms with Gasteiger partial charge < -0.3 is 10.2 Å². The van der Waals surface area contributed by atoms with Gasteiger partial charge in [0.05, 0.1) is 7.47 Å². The van der Waals surface area contributed by atoms with Gasteiger partial charge in [-0.3, -0.25) is 9.59 Å². The third-order valence-electron chi connectivity index (χ3n) is 7.66. The molecule has 7 atom stereocenters. The molecule has 0 amide bonds. The second kappa shape index (κ2) is 5.26. The van der Waals surface area contributed by atoms with E-state index in [1.54, 1.807) is 13.8 Å². The van der Waals surface area contributed by atoms with Gasteiger partial charge in [-0.1, -0.05) is 19.4 Å². The molecule has 0 radical (unpaired) electrons. The van der Waals surface area contributed by atoms with Crippen LogP contribution < -0.4 is 0 Å². The Bertz CT molecular complexity index is 958. The van der Waals surface area contributed by atoms with Crippen LogP contribution in [0.2, 0.25) is 0 Å². The summed E-state index contributed by atoms with van der Waals surface area (Å²) >= 11 is 0. The predicted molar refractivity (Wildman–Crippen MR) is 93.7 cm³/mol. The van der Waals surface area contributed by atoms with E-state index in [0.717, 1.165) is 0 Å². The van der Waals surface area contributed by atoms with E-state index >= 15 is 0 Å². The number of hydrogen-bond acceptors (Lipinski definition) is 4. The van der Waals surface area contributed by atoms with E-state index in [0.29, 0.717) is 0 Å². The number of rotatable bonds is 1. The van der Waals surface area contributed by atoms with Gasteiger partial charge in [0.15, 0.2) is 11.6 Å². The second-order valence-electron chi connectivity index (χ2n) is 8.69. The van der Waals surface area contributed by atoms with Gasteiger partial charge in [-0.15, -0.1) is 0 Å². The van der Waals surface area contributed by atoms with Crippen molar-refractivity contribution in [2.75, 3.05) is 0 Å². The van der Waals surface area contributed by atoms with Crippen LogP contribution in [0.4, 0.5) is 0 Å². The maximum Gasteiger partial charge on any atom is 0.161 e. The van der Waals surface area contributed by atoms with Crippen molar-refractivity contribution >= 4 is 11.6 Å². The fourth-order valence-corrected chi connectivity index (χ4v) is 6.32. The monoisotopic (exact) mass is 354 g/mol. The molecule has 3 fully saturated rings. The number of ketones is 2. The highest BCUT2D eigenvalue weighted by Gasteiger charge is 2.67. The summed E-state index contributed by atoms with van der Waals surface area (Å²) in [6.07, 6.45) is -6.26. The molecular formula is C21H30O4. The van der Waals surface area contributed by atoms with Crippen LogP contribution in [0.5, 0.6) is 0 Å². The van der Waals surface area contributed by atoms with Crippen LogP contribution in [0, 0.1) is 28.6 Å². The lowest BCUT2D eigenvalue weighted by atomic mass is 9.45. The van der Waals surface area contributed by atoms with E-state index in [4.69, 9.17) is 11.0 Å². The first-order valence-corrected chi connectivity index (χ1v) is 8.96. The average molecular weight is 355 g/mol. The van der Waals surface area contributed by atoms with Crippen LogP contribution in [0.25, 0.3) is 0 Å². The summed E-state index contributed by atoms with van der Waals surface area (Å²) in [5, 5.41) is 22.7. The molecule has 4 heteroatoms. The Morgan fingerprint density at radius 3 is 2.84 bits per heavy atom. The molecule has 25 heavy (non-hydrogen) atoms. The molecule has 4 aliphatic rings. The lowest BCUT2D eigenvalue weighted by molar-refractivity contribution is -0.179. The summed E-state index contributed by atoms with van der Waals surface area (Å²) in [4.78, 5) is 25.3. The van der Waals surface area contributed by atoms with Crippen molar-refractivity contribution in [2.45, 2.75) is 77.3 Å². The van der Waals surface area contributed by atoms with Crippen LogP contribution in [0.1, 0.15) is 76.5 Å². The van der Waals surface area contributed by atoms with Gasteiger partial charge in [-0.2, -0.15) is 0 Å². The Hall–Kier alpha value is -1.00. The number of carbonyl (C=O) groups excluding carboxylic acids is 2. The molecule has 0 spiro atoms. The first kappa shape index (κ1) is 10.4. The number of carbonyl (C=O) groups is 2. The number of Topliss-reactive ketones (excluding diaryl/α,β-unsaturated/α-hetero) is 1. The van der Waals surface area contributed by atoms with Gasteiger partial charge in [0.2, 0.25) is 0 Å². The molecule has 0 aromatic carbocycles. The van der Waals surface area contributed by atoms with E-state index in [2.05, 4.69) is 0 Å². The van der Waals surface area contributed by atoms with Gasteiger partial charge in [-0.05, 0) is 74.5 Å². The fraction of sp³-hybridized carbons (Fsp3) is 0.810. The van der Waals surface area contributed by atoms with Crippen molar-refractivity contribution in [3.8, 4) is 0 Å². The predicted octanol–water partition coefficient (Wildman–Crippen LogP) is 2.81.